The fourth-order valence-corrected chi connectivity index (χ4v) is 14.5. The molecule has 286 valence electrons. The zero-order valence-corrected chi connectivity index (χ0v) is 33.7. The summed E-state index contributed by atoms with van der Waals surface area (Å²) >= 11 is 0. The van der Waals surface area contributed by atoms with E-state index < -0.39 is 5.41 Å². The molecule has 0 aliphatic heterocycles. The molecule has 1 heteroatoms. The normalized spacial score (nSPS) is 23.5. The minimum atomic E-state index is -0.413. The second kappa shape index (κ2) is 12.1. The Labute approximate surface area is 353 Å². The van der Waals surface area contributed by atoms with Crippen LogP contribution in [0, 0.1) is 23.7 Å². The molecule has 8 aromatic carbocycles. The van der Waals surface area contributed by atoms with Gasteiger partial charge in [0.2, 0.25) is 0 Å². The van der Waals surface area contributed by atoms with Crippen molar-refractivity contribution in [1.82, 2.24) is 0 Å². The molecule has 0 amide bonds. The fourth-order valence-electron chi connectivity index (χ4n) is 14.5. The molecule has 0 saturated heterocycles. The van der Waals surface area contributed by atoms with Crippen molar-refractivity contribution in [2.75, 3.05) is 4.90 Å². The minimum absolute atomic E-state index is 0.0842. The first-order chi connectivity index (χ1) is 29.7. The molecule has 0 atom stereocenters. The summed E-state index contributed by atoms with van der Waals surface area (Å²) in [6.45, 7) is 0. The van der Waals surface area contributed by atoms with Crippen molar-refractivity contribution < 1.29 is 0 Å². The van der Waals surface area contributed by atoms with E-state index >= 15 is 0 Å². The summed E-state index contributed by atoms with van der Waals surface area (Å²) in [5.74, 6) is 3.22. The van der Waals surface area contributed by atoms with E-state index in [9.17, 15) is 0 Å². The SMILES string of the molecule is c1ccc(-c2ccccc2N(c2ccc3c(c2)C2(c4ccccc4-c4ccccc42)c2ccccc2-3)c2ccc3c(c2)C2(c4ccccc4-3)C3CC4CC(C3)CC2C4)cc1. The highest BCUT2D eigenvalue weighted by molar-refractivity contribution is 5.97. The summed E-state index contributed by atoms with van der Waals surface area (Å²) < 4.78 is 0. The van der Waals surface area contributed by atoms with Gasteiger partial charge in [-0.2, -0.15) is 0 Å². The molecule has 0 unspecified atom stereocenters. The van der Waals surface area contributed by atoms with Gasteiger partial charge in [0, 0.05) is 22.4 Å². The number of rotatable bonds is 4. The monoisotopic (exact) mass is 767 g/mol. The van der Waals surface area contributed by atoms with Gasteiger partial charge in [0.25, 0.3) is 0 Å². The summed E-state index contributed by atoms with van der Waals surface area (Å²) in [4.78, 5) is 2.61. The van der Waals surface area contributed by atoms with Crippen LogP contribution in [0.1, 0.15) is 65.5 Å². The molecule has 0 heterocycles. The molecular formula is C59H45N. The maximum atomic E-state index is 2.66. The highest BCUT2D eigenvalue weighted by atomic mass is 15.1. The third-order valence-corrected chi connectivity index (χ3v) is 16.3. The van der Waals surface area contributed by atoms with Crippen LogP contribution in [0.2, 0.25) is 0 Å². The number of hydrogen-bond donors (Lipinski definition) is 0. The van der Waals surface area contributed by atoms with E-state index in [1.807, 2.05) is 0 Å². The van der Waals surface area contributed by atoms with Crippen molar-refractivity contribution in [2.24, 2.45) is 23.7 Å². The molecule has 0 aromatic heterocycles. The summed E-state index contributed by atoms with van der Waals surface area (Å²) in [7, 11) is 0. The lowest BCUT2D eigenvalue weighted by Crippen LogP contribution is -2.55. The summed E-state index contributed by atoms with van der Waals surface area (Å²) in [6.07, 6.45) is 6.97. The molecule has 4 saturated carbocycles. The molecule has 60 heavy (non-hydrogen) atoms. The average Bonchev–Trinajstić information content (AvgIpc) is 3.88. The Hall–Kier alpha value is -6.44. The van der Waals surface area contributed by atoms with Crippen LogP contribution < -0.4 is 4.90 Å². The topological polar surface area (TPSA) is 3.24 Å². The number of nitrogens with zero attached hydrogens (tertiary/aromatic N) is 1. The van der Waals surface area contributed by atoms with Crippen molar-refractivity contribution in [3.63, 3.8) is 0 Å². The van der Waals surface area contributed by atoms with E-state index in [1.165, 1.54) is 116 Å². The summed E-state index contributed by atoms with van der Waals surface area (Å²) in [6, 6.07) is 72.1. The summed E-state index contributed by atoms with van der Waals surface area (Å²) in [5, 5.41) is 0. The Morgan fingerprint density at radius 2 is 0.750 bits per heavy atom. The third kappa shape index (κ3) is 4.13. The molecule has 7 aliphatic carbocycles. The molecular weight excluding hydrogens is 723 g/mol. The first-order valence-electron chi connectivity index (χ1n) is 22.4. The van der Waals surface area contributed by atoms with Gasteiger partial charge >= 0.3 is 0 Å². The van der Waals surface area contributed by atoms with Crippen LogP contribution in [0.5, 0.6) is 0 Å². The van der Waals surface area contributed by atoms with E-state index in [0.29, 0.717) is 11.8 Å². The average molecular weight is 768 g/mol. The van der Waals surface area contributed by atoms with Gasteiger partial charge in [-0.1, -0.05) is 158 Å². The molecule has 4 fully saturated rings. The zero-order valence-electron chi connectivity index (χ0n) is 33.7. The lowest BCUT2D eigenvalue weighted by atomic mass is 9.43. The quantitative estimate of drug-likeness (QED) is 0.172. The number of benzene rings is 8. The molecule has 0 radical (unpaired) electrons. The number of para-hydroxylation sites is 1. The van der Waals surface area contributed by atoms with Gasteiger partial charge in [0.05, 0.1) is 11.1 Å². The highest BCUT2D eigenvalue weighted by Gasteiger charge is 2.61. The number of fused-ring (bicyclic) bond motifs is 13. The van der Waals surface area contributed by atoms with Crippen molar-refractivity contribution in [3.05, 3.63) is 221 Å². The first-order valence-corrected chi connectivity index (χ1v) is 22.4. The Morgan fingerprint density at radius 1 is 0.333 bits per heavy atom. The lowest BCUT2D eigenvalue weighted by molar-refractivity contribution is -0.0399. The van der Waals surface area contributed by atoms with Crippen molar-refractivity contribution in [1.29, 1.82) is 0 Å². The Bertz CT molecular complexity index is 2990. The fraction of sp³-hybridized carbons (Fsp3) is 0.186. The zero-order chi connectivity index (χ0) is 39.2. The maximum Gasteiger partial charge on any atom is 0.0726 e. The Kier molecular flexibility index (Phi) is 6.72. The lowest BCUT2D eigenvalue weighted by Gasteiger charge is -2.61. The number of anilines is 3. The van der Waals surface area contributed by atoms with Crippen LogP contribution in [0.4, 0.5) is 17.1 Å². The largest absolute Gasteiger partial charge is 0.310 e. The van der Waals surface area contributed by atoms with E-state index in [1.54, 1.807) is 11.1 Å². The van der Waals surface area contributed by atoms with Crippen molar-refractivity contribution in [2.45, 2.75) is 42.9 Å². The van der Waals surface area contributed by atoms with Crippen LogP contribution >= 0.6 is 0 Å². The second-order valence-electron chi connectivity index (χ2n) is 18.8. The minimum Gasteiger partial charge on any atom is -0.310 e. The third-order valence-electron chi connectivity index (χ3n) is 16.3. The molecule has 8 aromatic rings. The smallest absolute Gasteiger partial charge is 0.0726 e. The van der Waals surface area contributed by atoms with E-state index in [0.717, 1.165) is 11.8 Å². The van der Waals surface area contributed by atoms with Gasteiger partial charge in [-0.3, -0.25) is 0 Å². The Balaban J connectivity index is 1.04. The van der Waals surface area contributed by atoms with Crippen LogP contribution in [0.3, 0.4) is 0 Å². The molecule has 4 bridgehead atoms. The standard InChI is InChI=1S/C59H45N/c1-2-14-39(15-3-1)44-16-8-13-25-57(44)60(42-26-28-49-47-19-4-9-21-51(47)58(55(49)35-42)40-31-37-30-38(33-40)34-41(58)32-37)43-27-29-50-48-20-7-12-24-54(48)59(56(50)36-43)52-22-10-5-17-45(52)46-18-6-11-23-53(46)59/h1-29,35-38,40-41H,30-34H2. The molecule has 2 spiro atoms. The van der Waals surface area contributed by atoms with Crippen molar-refractivity contribution in [3.8, 4) is 44.5 Å². The highest BCUT2D eigenvalue weighted by Crippen LogP contribution is 2.70. The van der Waals surface area contributed by atoms with E-state index in [2.05, 4.69) is 193 Å². The molecule has 15 rings (SSSR count). The van der Waals surface area contributed by atoms with Crippen molar-refractivity contribution >= 4 is 17.1 Å². The second-order valence-corrected chi connectivity index (χ2v) is 18.8. The van der Waals surface area contributed by atoms with Crippen LogP contribution in [0.15, 0.2) is 188 Å². The van der Waals surface area contributed by atoms with E-state index in [4.69, 9.17) is 0 Å². The van der Waals surface area contributed by atoms with Gasteiger partial charge in [-0.15, -0.1) is 0 Å². The first kappa shape index (κ1) is 33.4. The Morgan fingerprint density at radius 3 is 1.32 bits per heavy atom. The predicted molar refractivity (Wildman–Crippen MR) is 246 cm³/mol. The van der Waals surface area contributed by atoms with Gasteiger partial charge in [-0.05, 0) is 158 Å². The predicted octanol–water partition coefficient (Wildman–Crippen LogP) is 14.9. The summed E-state index contributed by atoms with van der Waals surface area (Å²) in [5.41, 5.74) is 22.8. The van der Waals surface area contributed by atoms with Gasteiger partial charge in [0.1, 0.15) is 0 Å². The van der Waals surface area contributed by atoms with Crippen LogP contribution in [0.25, 0.3) is 44.5 Å². The maximum absolute atomic E-state index is 2.66. The number of hydrogen-bond acceptors (Lipinski definition) is 1. The molecule has 0 N–H and O–H groups in total. The molecule has 7 aliphatic rings. The van der Waals surface area contributed by atoms with Gasteiger partial charge < -0.3 is 4.90 Å². The van der Waals surface area contributed by atoms with Crippen LogP contribution in [-0.2, 0) is 10.8 Å². The molecule has 1 nitrogen and oxygen atoms in total. The van der Waals surface area contributed by atoms with Gasteiger partial charge in [-0.25, -0.2) is 0 Å². The van der Waals surface area contributed by atoms with E-state index in [-0.39, 0.29) is 5.41 Å². The van der Waals surface area contributed by atoms with Gasteiger partial charge in [0.15, 0.2) is 0 Å². The van der Waals surface area contributed by atoms with Crippen LogP contribution in [-0.4, -0.2) is 0 Å².